The molecule has 2 rings (SSSR count). The third-order valence-corrected chi connectivity index (χ3v) is 1.75. The zero-order valence-electron chi connectivity index (χ0n) is 6.14. The molecule has 5 heteroatoms. The SMILES string of the molecule is S=C1[N+]=[N+]NN1c1ccccc1. The molecule has 2 radical (unpaired) electrons. The molecular formula is C7H6N4S+2. The Morgan fingerprint density at radius 3 is 2.58 bits per heavy atom. The normalized spacial score (nSPS) is 15.0. The molecule has 0 fully saturated rings. The predicted molar refractivity (Wildman–Crippen MR) is 48.9 cm³/mol. The average molecular weight is 178 g/mol. The van der Waals surface area contributed by atoms with Gasteiger partial charge in [-0.15, -0.1) is 0 Å². The van der Waals surface area contributed by atoms with Crippen LogP contribution in [-0.2, 0) is 0 Å². The van der Waals surface area contributed by atoms with E-state index in [0.29, 0.717) is 5.11 Å². The summed E-state index contributed by atoms with van der Waals surface area (Å²) in [4.78, 5) is 0. The molecule has 0 spiro atoms. The van der Waals surface area contributed by atoms with Crippen LogP contribution in [0, 0.1) is 0 Å². The van der Waals surface area contributed by atoms with E-state index >= 15 is 0 Å². The van der Waals surface area contributed by atoms with Crippen molar-refractivity contribution in [3.05, 3.63) is 30.3 Å². The molecule has 1 aliphatic rings. The number of hydrogen-bond donors (Lipinski definition) is 1. The van der Waals surface area contributed by atoms with Crippen LogP contribution in [0.1, 0.15) is 0 Å². The van der Waals surface area contributed by atoms with Crippen molar-refractivity contribution in [1.29, 1.82) is 0 Å². The van der Waals surface area contributed by atoms with Crippen LogP contribution in [0.2, 0.25) is 0 Å². The third kappa shape index (κ3) is 1.14. The summed E-state index contributed by atoms with van der Waals surface area (Å²) in [5, 5.41) is 9.31. The van der Waals surface area contributed by atoms with Crippen molar-refractivity contribution in [3.8, 4) is 0 Å². The minimum atomic E-state index is 0.432. The molecule has 58 valence electrons. The molecule has 1 aliphatic heterocycles. The number of hydrazine groups is 1. The van der Waals surface area contributed by atoms with Crippen molar-refractivity contribution < 1.29 is 0 Å². The molecule has 12 heavy (non-hydrogen) atoms. The van der Waals surface area contributed by atoms with Gasteiger partial charge in [0.25, 0.3) is 5.11 Å². The van der Waals surface area contributed by atoms with Crippen LogP contribution < -0.4 is 20.9 Å². The number of thiocarbonyl (C=S) groups is 1. The van der Waals surface area contributed by atoms with Gasteiger partial charge in [-0.2, -0.15) is 0 Å². The molecule has 0 saturated heterocycles. The number of anilines is 1. The first-order chi connectivity index (χ1) is 5.88. The zero-order chi connectivity index (χ0) is 8.39. The monoisotopic (exact) mass is 178 g/mol. The number of nitrogens with one attached hydrogen (secondary N) is 1. The summed E-state index contributed by atoms with van der Waals surface area (Å²) in [6, 6.07) is 9.65. The molecule has 1 heterocycles. The fourth-order valence-corrected chi connectivity index (χ4v) is 1.13. The summed E-state index contributed by atoms with van der Waals surface area (Å²) in [7, 11) is 0. The topological polar surface area (TPSA) is 43.5 Å². The van der Waals surface area contributed by atoms with E-state index in [1.54, 1.807) is 5.01 Å². The van der Waals surface area contributed by atoms with Crippen LogP contribution in [0.5, 0.6) is 0 Å². The molecular weight excluding hydrogens is 172 g/mol. The lowest BCUT2D eigenvalue weighted by Crippen LogP contribution is -2.36. The molecule has 1 N–H and O–H groups in total. The minimum Gasteiger partial charge on any atom is -0.0620 e. The molecule has 4 nitrogen and oxygen atoms in total. The molecule has 0 aromatic heterocycles. The van der Waals surface area contributed by atoms with Gasteiger partial charge in [0.15, 0.2) is 0 Å². The van der Waals surface area contributed by atoms with Gasteiger partial charge in [0.1, 0.15) is 11.2 Å². The van der Waals surface area contributed by atoms with E-state index < -0.39 is 0 Å². The van der Waals surface area contributed by atoms with E-state index in [9.17, 15) is 0 Å². The maximum atomic E-state index is 4.93. The standard InChI is InChI=1S/C7H6N4S/c12-7-8-9-10-11(7)6-4-2-1-3-5-6/h1-5,10H/q+2. The summed E-state index contributed by atoms with van der Waals surface area (Å²) in [5.74, 6) is 0. The Hall–Kier alpha value is -1.49. The molecule has 0 saturated carbocycles. The lowest BCUT2D eigenvalue weighted by Gasteiger charge is -1.98. The summed E-state index contributed by atoms with van der Waals surface area (Å²) in [6.45, 7) is 0. The van der Waals surface area contributed by atoms with Gasteiger partial charge < -0.3 is 0 Å². The van der Waals surface area contributed by atoms with Gasteiger partial charge >= 0.3 is 10.3 Å². The predicted octanol–water partition coefficient (Wildman–Crippen LogP) is 0.335. The van der Waals surface area contributed by atoms with E-state index in [2.05, 4.69) is 15.9 Å². The number of hydrogen-bond acceptors (Lipinski definition) is 3. The van der Waals surface area contributed by atoms with Crippen molar-refractivity contribution >= 4 is 23.0 Å². The van der Waals surface area contributed by atoms with E-state index in [-0.39, 0.29) is 0 Å². The van der Waals surface area contributed by atoms with Gasteiger partial charge in [-0.3, -0.25) is 0 Å². The highest BCUT2D eigenvalue weighted by molar-refractivity contribution is 7.80. The lowest BCUT2D eigenvalue weighted by atomic mass is 10.3. The van der Waals surface area contributed by atoms with Gasteiger partial charge in [-0.1, -0.05) is 18.2 Å². The quantitative estimate of drug-likeness (QED) is 0.630. The lowest BCUT2D eigenvalue weighted by molar-refractivity contribution is 0.692. The minimum absolute atomic E-state index is 0.432. The van der Waals surface area contributed by atoms with Gasteiger partial charge in [0.2, 0.25) is 0 Å². The van der Waals surface area contributed by atoms with Crippen molar-refractivity contribution in [3.63, 3.8) is 0 Å². The molecule has 1 aromatic carbocycles. The maximum Gasteiger partial charge on any atom is 0.501 e. The zero-order valence-corrected chi connectivity index (χ0v) is 6.95. The second-order valence-corrected chi connectivity index (χ2v) is 2.62. The largest absolute Gasteiger partial charge is 0.501 e. The van der Waals surface area contributed by atoms with Gasteiger partial charge in [-0.25, -0.2) is 0 Å². The fourth-order valence-electron chi connectivity index (χ4n) is 0.943. The Kier molecular flexibility index (Phi) is 1.71. The number of nitrogens with zero attached hydrogens (tertiary/aromatic N) is 3. The molecule has 0 aliphatic carbocycles. The Morgan fingerprint density at radius 1 is 1.25 bits per heavy atom. The van der Waals surface area contributed by atoms with Crippen molar-refractivity contribution in [2.45, 2.75) is 0 Å². The fraction of sp³-hybridized carbons (Fsp3) is 0. The van der Waals surface area contributed by atoms with E-state index in [1.807, 2.05) is 30.3 Å². The summed E-state index contributed by atoms with van der Waals surface area (Å²) in [6.07, 6.45) is 0. The highest BCUT2D eigenvalue weighted by Gasteiger charge is 2.37. The Bertz CT molecular complexity index is 321. The van der Waals surface area contributed by atoms with Crippen molar-refractivity contribution in [1.82, 2.24) is 15.9 Å². The van der Waals surface area contributed by atoms with Crippen molar-refractivity contribution in [2.75, 3.05) is 5.01 Å². The highest BCUT2D eigenvalue weighted by atomic mass is 32.1. The number of benzene rings is 1. The van der Waals surface area contributed by atoms with Gasteiger partial charge in [-0.05, 0) is 17.1 Å². The van der Waals surface area contributed by atoms with Crippen LogP contribution in [0.25, 0.3) is 0 Å². The first-order valence-corrected chi connectivity index (χ1v) is 3.84. The van der Waals surface area contributed by atoms with E-state index in [0.717, 1.165) is 5.69 Å². The second-order valence-electron chi connectivity index (χ2n) is 2.25. The van der Waals surface area contributed by atoms with Crippen molar-refractivity contribution in [2.24, 2.45) is 0 Å². The summed E-state index contributed by atoms with van der Waals surface area (Å²) in [5.41, 5.74) is 3.61. The Morgan fingerprint density at radius 2 is 2.00 bits per heavy atom. The first-order valence-electron chi connectivity index (χ1n) is 3.43. The van der Waals surface area contributed by atoms with Crippen LogP contribution in [0.15, 0.2) is 30.3 Å². The van der Waals surface area contributed by atoms with Crippen LogP contribution >= 0.6 is 12.2 Å². The van der Waals surface area contributed by atoms with E-state index in [1.165, 1.54) is 0 Å². The van der Waals surface area contributed by atoms with Crippen LogP contribution in [0.4, 0.5) is 5.69 Å². The summed E-state index contributed by atoms with van der Waals surface area (Å²) >= 11 is 4.93. The first kappa shape index (κ1) is 7.17. The Labute approximate surface area is 74.8 Å². The smallest absolute Gasteiger partial charge is 0.0620 e. The maximum absolute atomic E-state index is 4.93. The van der Waals surface area contributed by atoms with Crippen LogP contribution in [-0.4, -0.2) is 5.11 Å². The number of para-hydroxylation sites is 1. The van der Waals surface area contributed by atoms with Gasteiger partial charge in [0.05, 0.1) is 0 Å². The molecule has 0 amide bonds. The highest BCUT2D eigenvalue weighted by Crippen LogP contribution is 2.11. The second kappa shape index (κ2) is 2.86. The van der Waals surface area contributed by atoms with E-state index in [4.69, 9.17) is 12.2 Å². The molecule has 0 atom stereocenters. The third-order valence-electron chi connectivity index (χ3n) is 1.49. The molecule has 1 aromatic rings. The average Bonchev–Trinajstić information content (AvgIpc) is 2.53. The molecule has 0 bridgehead atoms. The molecule has 0 unspecified atom stereocenters. The summed E-state index contributed by atoms with van der Waals surface area (Å²) < 4.78 is 0. The number of rotatable bonds is 1. The Balaban J connectivity index is 2.27. The van der Waals surface area contributed by atoms with Gasteiger partial charge in [0, 0.05) is 12.2 Å². The van der Waals surface area contributed by atoms with Crippen LogP contribution in [0.3, 0.4) is 0 Å².